The molecule has 2 aromatic carbocycles. The molecule has 1 aliphatic carbocycles. The Morgan fingerprint density at radius 3 is 2.77 bits per heavy atom. The SMILES string of the molecule is Cc1ccc2[nH]nc(C(=O)Nc3ccc4c(c3)OC3(CCCC3)O4)c2c1. The molecule has 0 unspecified atom stereocenters. The fraction of sp³-hybridized carbons (Fsp3) is 0.300. The van der Waals surface area contributed by atoms with Gasteiger partial charge in [-0.25, -0.2) is 0 Å². The number of fused-ring (bicyclic) bond motifs is 2. The molecule has 0 atom stereocenters. The van der Waals surface area contributed by atoms with E-state index in [9.17, 15) is 4.79 Å². The van der Waals surface area contributed by atoms with Crippen LogP contribution in [0, 0.1) is 6.92 Å². The number of H-pyrrole nitrogens is 1. The third kappa shape index (κ3) is 2.41. The fourth-order valence-corrected chi connectivity index (χ4v) is 3.78. The molecule has 132 valence electrons. The molecule has 0 saturated heterocycles. The lowest BCUT2D eigenvalue weighted by molar-refractivity contribution is -0.0716. The Morgan fingerprint density at radius 2 is 1.92 bits per heavy atom. The first-order valence-corrected chi connectivity index (χ1v) is 8.90. The molecular formula is C20H19N3O3. The molecule has 1 saturated carbocycles. The van der Waals surface area contributed by atoms with Crippen molar-refractivity contribution in [2.24, 2.45) is 0 Å². The van der Waals surface area contributed by atoms with Gasteiger partial charge in [0.05, 0.1) is 5.52 Å². The first kappa shape index (κ1) is 15.3. The lowest BCUT2D eigenvalue weighted by Gasteiger charge is -2.21. The topological polar surface area (TPSA) is 76.2 Å². The van der Waals surface area contributed by atoms with Crippen LogP contribution in [0.15, 0.2) is 36.4 Å². The van der Waals surface area contributed by atoms with E-state index >= 15 is 0 Å². The van der Waals surface area contributed by atoms with Crippen molar-refractivity contribution >= 4 is 22.5 Å². The molecule has 5 rings (SSSR count). The standard InChI is InChI=1S/C20H19N3O3/c1-12-4-6-15-14(10-12)18(23-22-15)19(24)21-13-5-7-16-17(11-13)26-20(25-16)8-2-3-9-20/h4-7,10-11H,2-3,8-9H2,1H3,(H,21,24)(H,22,23). The van der Waals surface area contributed by atoms with E-state index < -0.39 is 5.79 Å². The maximum atomic E-state index is 12.7. The van der Waals surface area contributed by atoms with Crippen LogP contribution >= 0.6 is 0 Å². The zero-order valence-corrected chi connectivity index (χ0v) is 14.5. The predicted molar refractivity (Wildman–Crippen MR) is 97.7 cm³/mol. The first-order chi connectivity index (χ1) is 12.6. The largest absolute Gasteiger partial charge is 0.448 e. The van der Waals surface area contributed by atoms with Crippen LogP contribution in [0.4, 0.5) is 5.69 Å². The van der Waals surface area contributed by atoms with Gasteiger partial charge in [0, 0.05) is 30.0 Å². The molecule has 1 amide bonds. The Morgan fingerprint density at radius 1 is 1.12 bits per heavy atom. The van der Waals surface area contributed by atoms with Gasteiger partial charge in [0.2, 0.25) is 0 Å². The van der Waals surface area contributed by atoms with Gasteiger partial charge in [-0.05, 0) is 44.0 Å². The molecule has 3 aromatic rings. The minimum atomic E-state index is -0.499. The summed E-state index contributed by atoms with van der Waals surface area (Å²) in [5.41, 5.74) is 2.97. The molecular weight excluding hydrogens is 330 g/mol. The van der Waals surface area contributed by atoms with Gasteiger partial charge in [-0.15, -0.1) is 0 Å². The molecule has 26 heavy (non-hydrogen) atoms. The molecule has 6 nitrogen and oxygen atoms in total. The number of aromatic nitrogens is 2. The van der Waals surface area contributed by atoms with Crippen LogP contribution < -0.4 is 14.8 Å². The number of benzene rings is 2. The highest BCUT2D eigenvalue weighted by Gasteiger charge is 2.44. The van der Waals surface area contributed by atoms with E-state index in [0.717, 1.165) is 47.9 Å². The predicted octanol–water partition coefficient (Wildman–Crippen LogP) is 4.17. The minimum Gasteiger partial charge on any atom is -0.448 e. The van der Waals surface area contributed by atoms with Crippen molar-refractivity contribution in [1.82, 2.24) is 10.2 Å². The number of hydrogen-bond donors (Lipinski definition) is 2. The van der Waals surface area contributed by atoms with Crippen LogP contribution in [-0.4, -0.2) is 21.9 Å². The molecule has 6 heteroatoms. The van der Waals surface area contributed by atoms with Gasteiger partial charge in [-0.1, -0.05) is 11.6 Å². The second-order valence-corrected chi connectivity index (χ2v) is 7.06. The van der Waals surface area contributed by atoms with Crippen molar-refractivity contribution in [1.29, 1.82) is 0 Å². The Balaban J connectivity index is 1.40. The molecule has 1 spiro atoms. The molecule has 2 aliphatic rings. The van der Waals surface area contributed by atoms with E-state index in [1.807, 2.05) is 43.3 Å². The average molecular weight is 349 g/mol. The molecule has 2 N–H and O–H groups in total. The van der Waals surface area contributed by atoms with Crippen LogP contribution in [0.3, 0.4) is 0 Å². The Hall–Kier alpha value is -3.02. The van der Waals surface area contributed by atoms with Crippen LogP contribution in [0.25, 0.3) is 10.9 Å². The second-order valence-electron chi connectivity index (χ2n) is 7.06. The van der Waals surface area contributed by atoms with Crippen LogP contribution in [0.1, 0.15) is 41.7 Å². The highest BCUT2D eigenvalue weighted by Crippen LogP contribution is 2.47. The number of nitrogens with zero attached hydrogens (tertiary/aromatic N) is 1. The number of aryl methyl sites for hydroxylation is 1. The minimum absolute atomic E-state index is 0.253. The molecule has 0 bridgehead atoms. The lowest BCUT2D eigenvalue weighted by Crippen LogP contribution is -2.34. The van der Waals surface area contributed by atoms with E-state index in [0.29, 0.717) is 17.1 Å². The summed E-state index contributed by atoms with van der Waals surface area (Å²) in [4.78, 5) is 12.7. The normalized spacial score (nSPS) is 17.1. The zero-order valence-electron chi connectivity index (χ0n) is 14.5. The smallest absolute Gasteiger partial charge is 0.276 e. The second kappa shape index (κ2) is 5.49. The zero-order chi connectivity index (χ0) is 17.7. The van der Waals surface area contributed by atoms with Crippen molar-refractivity contribution in [2.45, 2.75) is 38.4 Å². The maximum Gasteiger partial charge on any atom is 0.276 e. The summed E-state index contributed by atoms with van der Waals surface area (Å²) in [5, 5.41) is 10.8. The van der Waals surface area contributed by atoms with E-state index in [1.54, 1.807) is 0 Å². The number of ether oxygens (including phenoxy) is 2. The third-order valence-electron chi connectivity index (χ3n) is 5.09. The Labute approximate surface area is 150 Å². The van der Waals surface area contributed by atoms with Crippen LogP contribution in [-0.2, 0) is 0 Å². The summed E-state index contributed by atoms with van der Waals surface area (Å²) < 4.78 is 12.1. The van der Waals surface area contributed by atoms with Gasteiger partial charge in [-0.3, -0.25) is 9.89 Å². The average Bonchev–Trinajstić information content (AvgIpc) is 3.32. The monoisotopic (exact) mass is 349 g/mol. The molecule has 0 radical (unpaired) electrons. The summed E-state index contributed by atoms with van der Waals surface area (Å²) in [6.07, 6.45) is 4.04. The number of nitrogens with one attached hydrogen (secondary N) is 2. The highest BCUT2D eigenvalue weighted by atomic mass is 16.7. The highest BCUT2D eigenvalue weighted by molar-refractivity contribution is 6.11. The Bertz CT molecular complexity index is 1020. The van der Waals surface area contributed by atoms with E-state index in [1.165, 1.54) is 0 Å². The van der Waals surface area contributed by atoms with Gasteiger partial charge < -0.3 is 14.8 Å². The van der Waals surface area contributed by atoms with Gasteiger partial charge in [-0.2, -0.15) is 5.10 Å². The fourth-order valence-electron chi connectivity index (χ4n) is 3.78. The van der Waals surface area contributed by atoms with Crippen molar-refractivity contribution in [2.75, 3.05) is 5.32 Å². The van der Waals surface area contributed by atoms with Crippen molar-refractivity contribution in [3.05, 3.63) is 47.7 Å². The van der Waals surface area contributed by atoms with Crippen LogP contribution in [0.5, 0.6) is 11.5 Å². The molecule has 1 fully saturated rings. The third-order valence-corrected chi connectivity index (χ3v) is 5.09. The number of hydrogen-bond acceptors (Lipinski definition) is 4. The quantitative estimate of drug-likeness (QED) is 0.728. The van der Waals surface area contributed by atoms with Crippen molar-refractivity contribution in [3.8, 4) is 11.5 Å². The number of carbonyl (C=O) groups excluding carboxylic acids is 1. The molecule has 1 aromatic heterocycles. The Kier molecular flexibility index (Phi) is 3.22. The number of amides is 1. The number of rotatable bonds is 2. The summed E-state index contributed by atoms with van der Waals surface area (Å²) in [7, 11) is 0. The summed E-state index contributed by atoms with van der Waals surface area (Å²) in [6.45, 7) is 1.99. The molecule has 2 heterocycles. The maximum absolute atomic E-state index is 12.7. The number of carbonyl (C=O) groups is 1. The van der Waals surface area contributed by atoms with E-state index in [4.69, 9.17) is 9.47 Å². The first-order valence-electron chi connectivity index (χ1n) is 8.90. The van der Waals surface area contributed by atoms with E-state index in [2.05, 4.69) is 15.5 Å². The summed E-state index contributed by atoms with van der Waals surface area (Å²) in [5.74, 6) is 0.676. The summed E-state index contributed by atoms with van der Waals surface area (Å²) >= 11 is 0. The lowest BCUT2D eigenvalue weighted by atomic mass is 10.1. The van der Waals surface area contributed by atoms with Gasteiger partial charge >= 0.3 is 0 Å². The molecule has 1 aliphatic heterocycles. The summed E-state index contributed by atoms with van der Waals surface area (Å²) in [6, 6.07) is 11.4. The van der Waals surface area contributed by atoms with Crippen molar-refractivity contribution in [3.63, 3.8) is 0 Å². The van der Waals surface area contributed by atoms with Crippen molar-refractivity contribution < 1.29 is 14.3 Å². The van der Waals surface area contributed by atoms with Crippen LogP contribution in [0.2, 0.25) is 0 Å². The van der Waals surface area contributed by atoms with Gasteiger partial charge in [0.15, 0.2) is 17.2 Å². The van der Waals surface area contributed by atoms with Gasteiger partial charge in [0.25, 0.3) is 11.7 Å². The number of aromatic amines is 1. The van der Waals surface area contributed by atoms with E-state index in [-0.39, 0.29) is 5.91 Å². The van der Waals surface area contributed by atoms with Gasteiger partial charge in [0.1, 0.15) is 0 Å². The number of anilines is 1.